The molecule has 28 heavy (non-hydrogen) atoms. The normalized spacial score (nSPS) is 11.4. The van der Waals surface area contributed by atoms with Gasteiger partial charge in [0.05, 0.1) is 20.8 Å². The monoisotopic (exact) mass is 439 g/mol. The second-order valence-electron chi connectivity index (χ2n) is 6.75. The third-order valence-corrected chi connectivity index (χ3v) is 6.13. The van der Waals surface area contributed by atoms with E-state index in [-0.39, 0.29) is 16.5 Å². The van der Waals surface area contributed by atoms with Gasteiger partial charge in [0.15, 0.2) is 5.13 Å². The molecule has 0 aliphatic heterocycles. The van der Waals surface area contributed by atoms with E-state index in [1.807, 2.05) is 33.2 Å². The van der Waals surface area contributed by atoms with Crippen LogP contribution in [0.5, 0.6) is 0 Å². The molecule has 0 N–H and O–H groups in total. The Labute approximate surface area is 177 Å². The van der Waals surface area contributed by atoms with Gasteiger partial charge in [0.25, 0.3) is 5.91 Å². The number of amides is 1. The maximum Gasteiger partial charge on any atom is 0.261 e. The molecule has 1 aromatic heterocycles. The van der Waals surface area contributed by atoms with E-state index in [0.717, 1.165) is 34.8 Å². The number of nitrogens with zero attached hydrogens (tertiary/aromatic N) is 3. The van der Waals surface area contributed by atoms with E-state index < -0.39 is 5.82 Å². The average molecular weight is 440 g/mol. The molecule has 0 atom stereocenters. The van der Waals surface area contributed by atoms with Gasteiger partial charge >= 0.3 is 0 Å². The first-order valence-corrected chi connectivity index (χ1v) is 10.3. The van der Waals surface area contributed by atoms with E-state index in [9.17, 15) is 9.18 Å². The molecule has 2 aromatic carbocycles. The van der Waals surface area contributed by atoms with E-state index in [1.54, 1.807) is 4.90 Å². The summed E-state index contributed by atoms with van der Waals surface area (Å²) in [5.74, 6) is -0.780. The lowest BCUT2D eigenvalue weighted by Crippen LogP contribution is -2.33. The van der Waals surface area contributed by atoms with Crippen LogP contribution in [0.25, 0.3) is 10.2 Å². The molecule has 1 amide bonds. The first-order valence-electron chi connectivity index (χ1n) is 8.75. The number of aryl methyl sites for hydroxylation is 1. The van der Waals surface area contributed by atoms with Gasteiger partial charge in [-0.2, -0.15) is 0 Å². The SMILES string of the molecule is Cc1c(Cl)ccc2sc(N(CCCN(C)C)C(=O)c3ccc(F)cc3Cl)nc12. The number of hydrogen-bond donors (Lipinski definition) is 0. The second-order valence-corrected chi connectivity index (χ2v) is 8.58. The van der Waals surface area contributed by atoms with Crippen LogP contribution >= 0.6 is 34.5 Å². The summed E-state index contributed by atoms with van der Waals surface area (Å²) in [6, 6.07) is 7.53. The molecule has 0 radical (unpaired) electrons. The molecule has 3 aromatic rings. The number of anilines is 1. The summed E-state index contributed by atoms with van der Waals surface area (Å²) in [6.45, 7) is 3.19. The van der Waals surface area contributed by atoms with Crippen molar-refractivity contribution in [2.45, 2.75) is 13.3 Å². The van der Waals surface area contributed by atoms with E-state index in [1.165, 1.54) is 23.5 Å². The Balaban J connectivity index is 2.01. The van der Waals surface area contributed by atoms with Gasteiger partial charge in [0.1, 0.15) is 5.82 Å². The Hall–Kier alpha value is -1.73. The molecule has 4 nitrogen and oxygen atoms in total. The number of aromatic nitrogens is 1. The minimum absolute atomic E-state index is 0.0861. The highest BCUT2D eigenvalue weighted by molar-refractivity contribution is 7.22. The molecule has 0 saturated heterocycles. The molecular formula is C20H20Cl2FN3OS. The highest BCUT2D eigenvalue weighted by atomic mass is 35.5. The number of rotatable bonds is 6. The zero-order valence-electron chi connectivity index (χ0n) is 15.8. The third kappa shape index (κ3) is 4.46. The largest absolute Gasteiger partial charge is 0.309 e. The number of fused-ring (bicyclic) bond motifs is 1. The van der Waals surface area contributed by atoms with Gasteiger partial charge in [-0.1, -0.05) is 34.5 Å². The van der Waals surface area contributed by atoms with Gasteiger partial charge in [-0.15, -0.1) is 0 Å². The maximum absolute atomic E-state index is 13.4. The number of carbonyl (C=O) groups excluding carboxylic acids is 1. The average Bonchev–Trinajstić information content (AvgIpc) is 3.06. The van der Waals surface area contributed by atoms with Crippen molar-refractivity contribution in [3.05, 3.63) is 57.3 Å². The smallest absolute Gasteiger partial charge is 0.261 e. The van der Waals surface area contributed by atoms with Crippen LogP contribution in [0.3, 0.4) is 0 Å². The minimum atomic E-state index is -0.481. The van der Waals surface area contributed by atoms with E-state index in [2.05, 4.69) is 9.88 Å². The maximum atomic E-state index is 13.4. The zero-order valence-corrected chi connectivity index (χ0v) is 18.1. The van der Waals surface area contributed by atoms with Gasteiger partial charge in [0, 0.05) is 11.6 Å². The fraction of sp³-hybridized carbons (Fsp3) is 0.300. The van der Waals surface area contributed by atoms with Crippen LogP contribution in [0.15, 0.2) is 30.3 Å². The lowest BCUT2D eigenvalue weighted by Gasteiger charge is -2.21. The topological polar surface area (TPSA) is 36.4 Å². The van der Waals surface area contributed by atoms with Gasteiger partial charge in [-0.25, -0.2) is 9.37 Å². The summed E-state index contributed by atoms with van der Waals surface area (Å²) < 4.78 is 14.4. The molecule has 0 bridgehead atoms. The summed E-state index contributed by atoms with van der Waals surface area (Å²) in [4.78, 5) is 21.6. The summed E-state index contributed by atoms with van der Waals surface area (Å²) in [5.41, 5.74) is 1.91. The van der Waals surface area contributed by atoms with Crippen molar-refractivity contribution in [1.82, 2.24) is 9.88 Å². The highest BCUT2D eigenvalue weighted by Crippen LogP contribution is 2.34. The van der Waals surface area contributed by atoms with Crippen molar-refractivity contribution in [2.75, 3.05) is 32.1 Å². The predicted molar refractivity (Wildman–Crippen MR) is 116 cm³/mol. The molecule has 0 unspecified atom stereocenters. The number of hydrogen-bond acceptors (Lipinski definition) is 4. The lowest BCUT2D eigenvalue weighted by atomic mass is 10.2. The molecule has 148 valence electrons. The Morgan fingerprint density at radius 3 is 2.57 bits per heavy atom. The number of benzene rings is 2. The third-order valence-electron chi connectivity index (χ3n) is 4.36. The van der Waals surface area contributed by atoms with Gasteiger partial charge in [-0.05, 0) is 69.9 Å². The molecular weight excluding hydrogens is 420 g/mol. The van der Waals surface area contributed by atoms with Crippen molar-refractivity contribution in [3.8, 4) is 0 Å². The van der Waals surface area contributed by atoms with Crippen LogP contribution in [-0.4, -0.2) is 43.0 Å². The summed E-state index contributed by atoms with van der Waals surface area (Å²) >= 11 is 13.8. The molecule has 0 aliphatic rings. The lowest BCUT2D eigenvalue weighted by molar-refractivity contribution is 0.0986. The molecule has 0 aliphatic carbocycles. The highest BCUT2D eigenvalue weighted by Gasteiger charge is 2.24. The number of halogens is 3. The van der Waals surface area contributed by atoms with Gasteiger partial charge in [0.2, 0.25) is 0 Å². The van der Waals surface area contributed by atoms with Crippen LogP contribution < -0.4 is 4.90 Å². The zero-order chi connectivity index (χ0) is 20.4. The van der Waals surface area contributed by atoms with Crippen molar-refractivity contribution in [2.24, 2.45) is 0 Å². The van der Waals surface area contributed by atoms with Crippen LogP contribution in [0.1, 0.15) is 22.3 Å². The Morgan fingerprint density at radius 1 is 1.14 bits per heavy atom. The molecule has 0 spiro atoms. The first-order chi connectivity index (χ1) is 13.3. The van der Waals surface area contributed by atoms with Crippen molar-refractivity contribution in [1.29, 1.82) is 0 Å². The van der Waals surface area contributed by atoms with Gasteiger partial charge in [-0.3, -0.25) is 9.69 Å². The molecule has 8 heteroatoms. The van der Waals surface area contributed by atoms with Crippen molar-refractivity contribution in [3.63, 3.8) is 0 Å². The Bertz CT molecular complexity index is 1020. The van der Waals surface area contributed by atoms with E-state index in [4.69, 9.17) is 23.2 Å². The summed E-state index contributed by atoms with van der Waals surface area (Å²) in [7, 11) is 3.96. The number of thiazole rings is 1. The van der Waals surface area contributed by atoms with E-state index >= 15 is 0 Å². The standard InChI is InChI=1S/C20H20Cl2FN3OS/c1-12-15(21)7-8-17-18(12)24-20(28-17)26(10-4-9-25(2)3)19(27)14-6-5-13(23)11-16(14)22/h5-8,11H,4,9-10H2,1-3H3. The van der Waals surface area contributed by atoms with Crippen molar-refractivity contribution < 1.29 is 9.18 Å². The predicted octanol–water partition coefficient (Wildman–Crippen LogP) is 5.65. The first kappa shape index (κ1) is 21.0. The molecule has 1 heterocycles. The van der Waals surface area contributed by atoms with Crippen molar-refractivity contribution >= 4 is 55.8 Å². The van der Waals surface area contributed by atoms with E-state index in [0.29, 0.717) is 16.7 Å². The number of carbonyl (C=O) groups is 1. The van der Waals surface area contributed by atoms with Crippen LogP contribution in [0.4, 0.5) is 9.52 Å². The van der Waals surface area contributed by atoms with Crippen LogP contribution in [-0.2, 0) is 0 Å². The fourth-order valence-electron chi connectivity index (χ4n) is 2.84. The summed E-state index contributed by atoms with van der Waals surface area (Å²) in [6.07, 6.45) is 0.757. The van der Waals surface area contributed by atoms with Gasteiger partial charge < -0.3 is 4.90 Å². The molecule has 3 rings (SSSR count). The fourth-order valence-corrected chi connectivity index (χ4v) is 4.29. The Morgan fingerprint density at radius 2 is 1.89 bits per heavy atom. The summed E-state index contributed by atoms with van der Waals surface area (Å²) in [5, 5.41) is 1.30. The minimum Gasteiger partial charge on any atom is -0.309 e. The van der Waals surface area contributed by atoms with Crippen LogP contribution in [0.2, 0.25) is 10.0 Å². The molecule has 0 saturated carbocycles. The molecule has 0 fully saturated rings. The second kappa shape index (κ2) is 8.74. The Kier molecular flexibility index (Phi) is 6.55. The quantitative estimate of drug-likeness (QED) is 0.497. The van der Waals surface area contributed by atoms with Crippen LogP contribution in [0, 0.1) is 12.7 Å².